The lowest BCUT2D eigenvalue weighted by atomic mass is 9.80. The summed E-state index contributed by atoms with van der Waals surface area (Å²) >= 11 is 0. The molecule has 2 heteroatoms. The largest absolute Gasteiger partial charge is 0.508 e. The normalized spacial score (nSPS) is 31.9. The Morgan fingerprint density at radius 1 is 1.38 bits per heavy atom. The van der Waals surface area contributed by atoms with Gasteiger partial charge in [-0.25, -0.2) is 0 Å². The lowest BCUT2D eigenvalue weighted by molar-refractivity contribution is 0.101. The Hall–Kier alpha value is -1.28. The molecule has 1 aromatic carbocycles. The monoisotopic (exact) mass is 216 g/mol. The van der Waals surface area contributed by atoms with Crippen LogP contribution >= 0.6 is 0 Å². The van der Waals surface area contributed by atoms with Crippen molar-refractivity contribution in [1.29, 1.82) is 0 Å². The van der Waals surface area contributed by atoms with Gasteiger partial charge in [-0.2, -0.15) is 0 Å². The van der Waals surface area contributed by atoms with Gasteiger partial charge in [0, 0.05) is 0 Å². The van der Waals surface area contributed by atoms with Gasteiger partial charge >= 0.3 is 0 Å². The summed E-state index contributed by atoms with van der Waals surface area (Å²) in [6, 6.07) is 5.71. The van der Waals surface area contributed by atoms with E-state index in [0.717, 1.165) is 24.8 Å². The van der Waals surface area contributed by atoms with Crippen LogP contribution in [0.1, 0.15) is 24.5 Å². The van der Waals surface area contributed by atoms with Gasteiger partial charge in [0.15, 0.2) is 0 Å². The number of aliphatic hydroxyl groups is 1. The van der Waals surface area contributed by atoms with Crippen molar-refractivity contribution in [1.82, 2.24) is 0 Å². The van der Waals surface area contributed by atoms with Crippen LogP contribution in [-0.4, -0.2) is 15.8 Å². The highest BCUT2D eigenvalue weighted by Crippen LogP contribution is 2.43. The van der Waals surface area contributed by atoms with Crippen LogP contribution in [0.3, 0.4) is 0 Å². The Labute approximate surface area is 95.2 Å². The van der Waals surface area contributed by atoms with Crippen molar-refractivity contribution in [3.05, 3.63) is 41.0 Å². The van der Waals surface area contributed by atoms with Crippen LogP contribution in [0.2, 0.25) is 0 Å². The van der Waals surface area contributed by atoms with Crippen LogP contribution in [0.25, 0.3) is 0 Å². The van der Waals surface area contributed by atoms with E-state index in [1.807, 2.05) is 19.1 Å². The number of rotatable bonds is 0. The van der Waals surface area contributed by atoms with E-state index in [9.17, 15) is 10.2 Å². The summed E-state index contributed by atoms with van der Waals surface area (Å²) in [5, 5.41) is 19.9. The molecule has 0 saturated carbocycles. The van der Waals surface area contributed by atoms with E-state index in [0.29, 0.717) is 11.7 Å². The topological polar surface area (TPSA) is 40.5 Å². The van der Waals surface area contributed by atoms with Crippen molar-refractivity contribution in [3.8, 4) is 5.75 Å². The fourth-order valence-corrected chi connectivity index (χ4v) is 3.09. The minimum absolute atomic E-state index is 0.406. The second kappa shape index (κ2) is 3.11. The number of phenolic OH excluding ortho intramolecular Hbond substituents is 1. The van der Waals surface area contributed by atoms with Crippen LogP contribution in [0.15, 0.2) is 29.8 Å². The van der Waals surface area contributed by atoms with E-state index in [2.05, 4.69) is 6.07 Å². The molecular weight excluding hydrogens is 200 g/mol. The summed E-state index contributed by atoms with van der Waals surface area (Å²) in [7, 11) is 0. The van der Waals surface area contributed by atoms with Crippen molar-refractivity contribution in [3.63, 3.8) is 0 Å². The van der Waals surface area contributed by atoms with Crippen LogP contribution in [-0.2, 0) is 12.8 Å². The van der Waals surface area contributed by atoms with Gasteiger partial charge in [-0.05, 0) is 49.3 Å². The zero-order valence-electron chi connectivity index (χ0n) is 9.40. The van der Waals surface area contributed by atoms with E-state index < -0.39 is 5.60 Å². The number of phenols is 1. The van der Waals surface area contributed by atoms with Gasteiger partial charge in [-0.1, -0.05) is 23.8 Å². The first-order chi connectivity index (χ1) is 7.55. The van der Waals surface area contributed by atoms with E-state index >= 15 is 0 Å². The molecule has 0 bridgehead atoms. The average Bonchev–Trinajstić information content (AvgIpc) is 2.48. The number of fused-ring (bicyclic) bond motifs is 2. The van der Waals surface area contributed by atoms with E-state index in [-0.39, 0.29) is 0 Å². The molecule has 0 amide bonds. The van der Waals surface area contributed by atoms with Crippen molar-refractivity contribution in [2.24, 2.45) is 5.92 Å². The standard InChI is InChI=1S/C14H16O2/c1-14(16)7-10-5-9-3-2-4-13(15)12(9)6-11(10)8-14/h2-4,7,11,15-16H,5-6,8H2,1H3/t11?,14-/m1/s1. The van der Waals surface area contributed by atoms with Gasteiger partial charge in [-0.15, -0.1) is 0 Å². The Morgan fingerprint density at radius 3 is 3.00 bits per heavy atom. The molecule has 0 aliphatic heterocycles. The van der Waals surface area contributed by atoms with Gasteiger partial charge in [-0.3, -0.25) is 0 Å². The number of benzene rings is 1. The quantitative estimate of drug-likeness (QED) is 0.653. The minimum Gasteiger partial charge on any atom is -0.508 e. The molecule has 0 heterocycles. The van der Waals surface area contributed by atoms with Crippen molar-refractivity contribution in [2.75, 3.05) is 0 Å². The fraction of sp³-hybridized carbons (Fsp3) is 0.429. The molecule has 2 aliphatic rings. The highest BCUT2D eigenvalue weighted by atomic mass is 16.3. The third-order valence-electron chi connectivity index (χ3n) is 3.77. The van der Waals surface area contributed by atoms with E-state index in [4.69, 9.17) is 0 Å². The smallest absolute Gasteiger partial charge is 0.119 e. The molecule has 0 saturated heterocycles. The van der Waals surface area contributed by atoms with Crippen molar-refractivity contribution < 1.29 is 10.2 Å². The van der Waals surface area contributed by atoms with Gasteiger partial charge in [0.25, 0.3) is 0 Å². The second-order valence-electron chi connectivity index (χ2n) is 5.27. The molecule has 1 unspecified atom stereocenters. The molecular formula is C14H16O2. The molecule has 1 aromatic rings. The predicted octanol–water partition coefficient (Wildman–Crippen LogP) is 2.19. The molecule has 0 radical (unpaired) electrons. The SMILES string of the molecule is C[C@@]1(O)C=C2Cc3cccc(O)c3CC2C1. The molecule has 2 nitrogen and oxygen atoms in total. The zero-order valence-corrected chi connectivity index (χ0v) is 9.40. The van der Waals surface area contributed by atoms with Crippen LogP contribution in [0.4, 0.5) is 0 Å². The van der Waals surface area contributed by atoms with Gasteiger partial charge in [0.1, 0.15) is 5.75 Å². The Kier molecular flexibility index (Phi) is 1.93. The van der Waals surface area contributed by atoms with E-state index in [1.54, 1.807) is 6.07 Å². The summed E-state index contributed by atoms with van der Waals surface area (Å²) in [4.78, 5) is 0. The molecule has 2 atom stereocenters. The Morgan fingerprint density at radius 2 is 2.19 bits per heavy atom. The lowest BCUT2D eigenvalue weighted by Crippen LogP contribution is -2.20. The number of hydrogen-bond acceptors (Lipinski definition) is 2. The van der Waals surface area contributed by atoms with Gasteiger partial charge in [0.05, 0.1) is 5.60 Å². The molecule has 84 valence electrons. The second-order valence-corrected chi connectivity index (χ2v) is 5.27. The Bertz CT molecular complexity index is 472. The molecule has 0 aromatic heterocycles. The lowest BCUT2D eigenvalue weighted by Gasteiger charge is -2.25. The zero-order chi connectivity index (χ0) is 11.3. The molecule has 2 N–H and O–H groups in total. The van der Waals surface area contributed by atoms with Crippen LogP contribution in [0, 0.1) is 5.92 Å². The third kappa shape index (κ3) is 1.45. The van der Waals surface area contributed by atoms with Gasteiger partial charge in [0.2, 0.25) is 0 Å². The molecule has 0 fully saturated rings. The van der Waals surface area contributed by atoms with Crippen molar-refractivity contribution in [2.45, 2.75) is 31.8 Å². The number of aromatic hydroxyl groups is 1. The summed E-state index contributed by atoms with van der Waals surface area (Å²) in [5.41, 5.74) is 2.96. The first kappa shape index (κ1) is 9.91. The Balaban J connectivity index is 2.02. The number of hydrogen-bond donors (Lipinski definition) is 2. The molecule has 0 spiro atoms. The highest BCUT2D eigenvalue weighted by molar-refractivity contribution is 5.46. The minimum atomic E-state index is -0.655. The van der Waals surface area contributed by atoms with Crippen molar-refractivity contribution >= 4 is 0 Å². The van der Waals surface area contributed by atoms with Crippen LogP contribution in [0.5, 0.6) is 5.75 Å². The third-order valence-corrected chi connectivity index (χ3v) is 3.77. The first-order valence-electron chi connectivity index (χ1n) is 5.79. The maximum Gasteiger partial charge on any atom is 0.119 e. The summed E-state index contributed by atoms with van der Waals surface area (Å²) in [5.74, 6) is 0.818. The molecule has 2 aliphatic carbocycles. The summed E-state index contributed by atoms with van der Waals surface area (Å²) in [6.07, 6.45) is 4.54. The highest BCUT2D eigenvalue weighted by Gasteiger charge is 2.36. The fourth-order valence-electron chi connectivity index (χ4n) is 3.09. The maximum atomic E-state index is 10.0. The molecule has 3 rings (SSSR count). The van der Waals surface area contributed by atoms with Crippen LogP contribution < -0.4 is 0 Å². The average molecular weight is 216 g/mol. The predicted molar refractivity (Wildman–Crippen MR) is 62.3 cm³/mol. The molecule has 16 heavy (non-hydrogen) atoms. The van der Waals surface area contributed by atoms with E-state index in [1.165, 1.54) is 11.1 Å². The first-order valence-corrected chi connectivity index (χ1v) is 5.79. The van der Waals surface area contributed by atoms with Gasteiger partial charge < -0.3 is 10.2 Å². The summed E-state index contributed by atoms with van der Waals surface area (Å²) < 4.78 is 0. The summed E-state index contributed by atoms with van der Waals surface area (Å²) in [6.45, 7) is 1.86. The maximum absolute atomic E-state index is 10.0. The number of allylic oxidation sites excluding steroid dienone is 1.